The van der Waals surface area contributed by atoms with Gasteiger partial charge in [0.2, 0.25) is 6.08 Å². The molecule has 1 rings (SSSR count). The predicted octanol–water partition coefficient (Wildman–Crippen LogP) is -0.107. The second kappa shape index (κ2) is 3.84. The van der Waals surface area contributed by atoms with Gasteiger partial charge in [-0.05, 0) is 13.0 Å². The molecule has 1 N–H and O–H groups in total. The van der Waals surface area contributed by atoms with Crippen LogP contribution in [0.4, 0.5) is 0 Å². The summed E-state index contributed by atoms with van der Waals surface area (Å²) in [5, 5.41) is 3.16. The largest absolute Gasteiger partial charge is 0.315 e. The Morgan fingerprint density at radius 1 is 1.60 bits per heavy atom. The summed E-state index contributed by atoms with van der Waals surface area (Å²) in [7, 11) is 0. The standard InChI is InChI=1S/C7H8N2O/c10-6-9-4-2-7-1-3-8-5-7/h7-8H,1,3,5H2. The Kier molecular flexibility index (Phi) is 2.69. The van der Waals surface area contributed by atoms with E-state index >= 15 is 0 Å². The van der Waals surface area contributed by atoms with Gasteiger partial charge in [-0.3, -0.25) is 0 Å². The molecule has 0 saturated carbocycles. The van der Waals surface area contributed by atoms with Crippen molar-refractivity contribution in [1.29, 1.82) is 0 Å². The van der Waals surface area contributed by atoms with Gasteiger partial charge in [0.25, 0.3) is 0 Å². The lowest BCUT2D eigenvalue weighted by atomic mass is 10.1. The Bertz CT molecular complexity index is 201. The maximum Gasteiger partial charge on any atom is 0.249 e. The van der Waals surface area contributed by atoms with Crippen LogP contribution < -0.4 is 5.32 Å². The molecule has 3 heteroatoms. The van der Waals surface area contributed by atoms with Gasteiger partial charge in [-0.25, -0.2) is 4.79 Å². The van der Waals surface area contributed by atoms with Gasteiger partial charge < -0.3 is 5.32 Å². The summed E-state index contributed by atoms with van der Waals surface area (Å²) in [6.45, 7) is 1.94. The van der Waals surface area contributed by atoms with Crippen molar-refractivity contribution in [1.82, 2.24) is 5.32 Å². The minimum atomic E-state index is 0.372. The SMILES string of the molecule is O=C=NC#CC1CCNC1. The topological polar surface area (TPSA) is 41.5 Å². The average molecular weight is 136 g/mol. The summed E-state index contributed by atoms with van der Waals surface area (Å²) in [5.74, 6) is 3.21. The first-order valence-electron chi connectivity index (χ1n) is 3.21. The van der Waals surface area contributed by atoms with Crippen LogP contribution in [0.25, 0.3) is 0 Å². The Balaban J connectivity index is 2.37. The molecule has 0 aromatic heterocycles. The van der Waals surface area contributed by atoms with Gasteiger partial charge in [-0.15, -0.1) is 4.99 Å². The van der Waals surface area contributed by atoms with Crippen molar-refractivity contribution in [3.63, 3.8) is 0 Å². The monoisotopic (exact) mass is 136 g/mol. The molecular formula is C7H8N2O. The zero-order valence-corrected chi connectivity index (χ0v) is 5.55. The van der Waals surface area contributed by atoms with E-state index in [1.54, 1.807) is 0 Å². The van der Waals surface area contributed by atoms with Crippen LogP contribution in [0.5, 0.6) is 0 Å². The number of nitrogens with zero attached hydrogens (tertiary/aromatic N) is 1. The van der Waals surface area contributed by atoms with Crippen molar-refractivity contribution < 1.29 is 4.79 Å². The lowest BCUT2D eigenvalue weighted by Crippen LogP contribution is -2.07. The molecule has 3 nitrogen and oxygen atoms in total. The van der Waals surface area contributed by atoms with Crippen molar-refractivity contribution >= 4 is 6.08 Å². The minimum absolute atomic E-state index is 0.372. The number of isocyanates is 1. The molecule has 0 spiro atoms. The van der Waals surface area contributed by atoms with E-state index in [0.29, 0.717) is 5.92 Å². The van der Waals surface area contributed by atoms with Gasteiger partial charge in [0.05, 0.1) is 0 Å². The second-order valence-corrected chi connectivity index (χ2v) is 2.15. The van der Waals surface area contributed by atoms with Crippen molar-refractivity contribution in [3.8, 4) is 12.0 Å². The van der Waals surface area contributed by atoms with Gasteiger partial charge in [0.1, 0.15) is 0 Å². The zero-order chi connectivity index (χ0) is 7.23. The van der Waals surface area contributed by atoms with Gasteiger partial charge in [0.15, 0.2) is 0 Å². The van der Waals surface area contributed by atoms with Crippen LogP contribution in [0.1, 0.15) is 6.42 Å². The molecule has 1 aliphatic rings. The highest BCUT2D eigenvalue weighted by atomic mass is 16.1. The van der Waals surface area contributed by atoms with Crippen LogP contribution in [0.3, 0.4) is 0 Å². The highest BCUT2D eigenvalue weighted by Gasteiger charge is 2.10. The first kappa shape index (κ1) is 7.01. The Morgan fingerprint density at radius 3 is 3.10 bits per heavy atom. The molecule has 1 heterocycles. The quantitative estimate of drug-likeness (QED) is 0.287. The third kappa shape index (κ3) is 2.02. The zero-order valence-electron chi connectivity index (χ0n) is 5.55. The molecule has 0 amide bonds. The molecule has 52 valence electrons. The minimum Gasteiger partial charge on any atom is -0.315 e. The molecular weight excluding hydrogens is 128 g/mol. The number of carbonyl (C=O) groups excluding carboxylic acids is 1. The Morgan fingerprint density at radius 2 is 2.50 bits per heavy atom. The number of hydrogen-bond acceptors (Lipinski definition) is 3. The lowest BCUT2D eigenvalue weighted by molar-refractivity contribution is 0.565. The molecule has 0 aliphatic carbocycles. The third-order valence-electron chi connectivity index (χ3n) is 1.43. The van der Waals surface area contributed by atoms with Crippen LogP contribution in [0.15, 0.2) is 4.99 Å². The summed E-state index contributed by atoms with van der Waals surface area (Å²) in [5.41, 5.74) is 0. The fourth-order valence-corrected chi connectivity index (χ4v) is 0.924. The van der Waals surface area contributed by atoms with Gasteiger partial charge in [0, 0.05) is 18.5 Å². The molecule has 10 heavy (non-hydrogen) atoms. The van der Waals surface area contributed by atoms with Crippen molar-refractivity contribution in [2.75, 3.05) is 13.1 Å². The summed E-state index contributed by atoms with van der Waals surface area (Å²) in [6.07, 6.45) is 2.43. The molecule has 1 unspecified atom stereocenters. The molecule has 0 bridgehead atoms. The highest BCUT2D eigenvalue weighted by molar-refractivity contribution is 5.36. The number of nitrogens with one attached hydrogen (secondary N) is 1. The van der Waals surface area contributed by atoms with E-state index in [0.717, 1.165) is 19.5 Å². The molecule has 1 saturated heterocycles. The van der Waals surface area contributed by atoms with Crippen LogP contribution in [-0.4, -0.2) is 19.2 Å². The normalized spacial score (nSPS) is 22.6. The summed E-state index contributed by atoms with van der Waals surface area (Å²) in [4.78, 5) is 12.7. The number of hydrogen-bond donors (Lipinski definition) is 1. The number of aliphatic imine (C=N–C) groups is 1. The lowest BCUT2D eigenvalue weighted by Gasteiger charge is -1.91. The van der Waals surface area contributed by atoms with E-state index in [1.807, 2.05) is 0 Å². The van der Waals surface area contributed by atoms with Gasteiger partial charge in [-0.1, -0.05) is 5.92 Å². The highest BCUT2D eigenvalue weighted by Crippen LogP contribution is 2.04. The fourth-order valence-electron chi connectivity index (χ4n) is 0.924. The van der Waals surface area contributed by atoms with Gasteiger partial charge in [-0.2, -0.15) is 0 Å². The smallest absolute Gasteiger partial charge is 0.249 e. The van der Waals surface area contributed by atoms with E-state index in [2.05, 4.69) is 22.3 Å². The van der Waals surface area contributed by atoms with E-state index in [9.17, 15) is 4.79 Å². The van der Waals surface area contributed by atoms with E-state index in [-0.39, 0.29) is 0 Å². The van der Waals surface area contributed by atoms with Crippen LogP contribution in [-0.2, 0) is 4.79 Å². The summed E-state index contributed by atoms with van der Waals surface area (Å²) < 4.78 is 0. The number of rotatable bonds is 0. The first-order valence-corrected chi connectivity index (χ1v) is 3.21. The van der Waals surface area contributed by atoms with Crippen LogP contribution >= 0.6 is 0 Å². The second-order valence-electron chi connectivity index (χ2n) is 2.15. The summed E-state index contributed by atoms with van der Waals surface area (Å²) in [6, 6.07) is 2.39. The molecule has 0 radical (unpaired) electrons. The van der Waals surface area contributed by atoms with Crippen LogP contribution in [0.2, 0.25) is 0 Å². The predicted molar refractivity (Wildman–Crippen MR) is 36.9 cm³/mol. The molecule has 1 fully saturated rings. The van der Waals surface area contributed by atoms with Crippen molar-refractivity contribution in [2.24, 2.45) is 10.9 Å². The average Bonchev–Trinajstić information content (AvgIpc) is 2.41. The van der Waals surface area contributed by atoms with E-state index in [1.165, 1.54) is 6.08 Å². The molecule has 1 atom stereocenters. The molecule has 0 aromatic rings. The Labute approximate surface area is 59.5 Å². The maximum absolute atomic E-state index is 9.57. The molecule has 0 aromatic carbocycles. The Hall–Kier alpha value is -1.10. The third-order valence-corrected chi connectivity index (χ3v) is 1.43. The molecule has 1 aliphatic heterocycles. The first-order chi connectivity index (χ1) is 4.93. The summed E-state index contributed by atoms with van der Waals surface area (Å²) >= 11 is 0. The van der Waals surface area contributed by atoms with E-state index < -0.39 is 0 Å². The van der Waals surface area contributed by atoms with Crippen LogP contribution in [0, 0.1) is 17.9 Å². The maximum atomic E-state index is 9.57. The van der Waals surface area contributed by atoms with Crippen molar-refractivity contribution in [3.05, 3.63) is 0 Å². The van der Waals surface area contributed by atoms with Crippen molar-refractivity contribution in [2.45, 2.75) is 6.42 Å². The fraction of sp³-hybridized carbons (Fsp3) is 0.571. The van der Waals surface area contributed by atoms with E-state index in [4.69, 9.17) is 0 Å². The van der Waals surface area contributed by atoms with Gasteiger partial charge >= 0.3 is 0 Å².